The number of aromatic nitrogens is 2. The molecule has 0 saturated heterocycles. The molecule has 5 heteroatoms. The van der Waals surface area contributed by atoms with Gasteiger partial charge in [-0.15, -0.1) is 0 Å². The number of aliphatic hydroxyl groups is 1. The minimum Gasteiger partial charge on any atom is -0.378 e. The zero-order valence-electron chi connectivity index (χ0n) is 12.5. The number of rotatable bonds is 4. The van der Waals surface area contributed by atoms with Gasteiger partial charge in [-0.3, -0.25) is 4.68 Å². The minimum atomic E-state index is -1.19. The fourth-order valence-electron chi connectivity index (χ4n) is 2.76. The lowest BCUT2D eigenvalue weighted by Crippen LogP contribution is -2.36. The van der Waals surface area contributed by atoms with E-state index in [0.717, 1.165) is 20.1 Å². The van der Waals surface area contributed by atoms with Gasteiger partial charge in [0.05, 0.1) is 6.04 Å². The summed E-state index contributed by atoms with van der Waals surface area (Å²) in [6, 6.07) is 17.1. The van der Waals surface area contributed by atoms with E-state index in [1.54, 1.807) is 10.9 Å². The van der Waals surface area contributed by atoms with Crippen molar-refractivity contribution >= 4 is 31.9 Å². The quantitative estimate of drug-likeness (QED) is 0.632. The third-order valence-corrected chi connectivity index (χ3v) is 5.15. The van der Waals surface area contributed by atoms with Crippen molar-refractivity contribution in [1.82, 2.24) is 9.78 Å². The molecule has 0 aliphatic carbocycles. The van der Waals surface area contributed by atoms with Gasteiger partial charge in [-0.25, -0.2) is 0 Å². The summed E-state index contributed by atoms with van der Waals surface area (Å²) < 4.78 is 3.74. The van der Waals surface area contributed by atoms with E-state index in [-0.39, 0.29) is 6.04 Å². The van der Waals surface area contributed by atoms with Crippen LogP contribution in [0.25, 0.3) is 0 Å². The van der Waals surface area contributed by atoms with Crippen LogP contribution in [0.5, 0.6) is 0 Å². The molecule has 1 atom stereocenters. The van der Waals surface area contributed by atoms with E-state index in [0.29, 0.717) is 0 Å². The first kappa shape index (κ1) is 16.4. The number of benzene rings is 2. The van der Waals surface area contributed by atoms with E-state index in [1.165, 1.54) is 0 Å². The SMILES string of the molecule is CC(n1cccn1)C(O)(c1ccc(Br)cc1)c1ccc(Br)cc1. The second-order valence-electron chi connectivity index (χ2n) is 5.44. The molecule has 0 aliphatic rings. The lowest BCUT2D eigenvalue weighted by molar-refractivity contribution is 0.0247. The summed E-state index contributed by atoms with van der Waals surface area (Å²) in [5.41, 5.74) is 0.463. The predicted octanol–water partition coefficient (Wildman–Crippen LogP) is 4.91. The minimum absolute atomic E-state index is 0.264. The van der Waals surface area contributed by atoms with E-state index in [9.17, 15) is 5.11 Å². The summed E-state index contributed by atoms with van der Waals surface area (Å²) in [6.45, 7) is 1.97. The van der Waals surface area contributed by atoms with Crippen molar-refractivity contribution in [1.29, 1.82) is 0 Å². The van der Waals surface area contributed by atoms with Crippen LogP contribution in [-0.4, -0.2) is 14.9 Å². The molecule has 0 radical (unpaired) electrons. The van der Waals surface area contributed by atoms with Gasteiger partial charge in [-0.1, -0.05) is 56.1 Å². The maximum Gasteiger partial charge on any atom is 0.137 e. The molecule has 0 aliphatic heterocycles. The summed E-state index contributed by atoms with van der Waals surface area (Å²) in [6.07, 6.45) is 3.59. The van der Waals surface area contributed by atoms with Crippen LogP contribution in [0.1, 0.15) is 24.1 Å². The third kappa shape index (κ3) is 3.13. The van der Waals surface area contributed by atoms with Crippen molar-refractivity contribution in [2.75, 3.05) is 0 Å². The fraction of sp³-hybridized carbons (Fsp3) is 0.167. The number of hydrogen-bond donors (Lipinski definition) is 1. The molecule has 23 heavy (non-hydrogen) atoms. The van der Waals surface area contributed by atoms with Crippen LogP contribution >= 0.6 is 31.9 Å². The van der Waals surface area contributed by atoms with Crippen LogP contribution in [0.15, 0.2) is 75.9 Å². The molecule has 0 amide bonds. The van der Waals surface area contributed by atoms with Crippen LogP contribution in [0.3, 0.4) is 0 Å². The Hall–Kier alpha value is -1.43. The standard InChI is InChI=1S/C18H16Br2N2O/c1-13(22-12-2-11-21-22)18(23,14-3-7-16(19)8-4-14)15-5-9-17(20)10-6-15/h2-13,23H,1H3. The molecule has 0 saturated carbocycles. The molecule has 3 nitrogen and oxygen atoms in total. The smallest absolute Gasteiger partial charge is 0.137 e. The predicted molar refractivity (Wildman–Crippen MR) is 98.2 cm³/mol. The van der Waals surface area contributed by atoms with E-state index in [2.05, 4.69) is 37.0 Å². The zero-order chi connectivity index (χ0) is 16.4. The first-order valence-corrected chi connectivity index (χ1v) is 8.84. The summed E-state index contributed by atoms with van der Waals surface area (Å²) >= 11 is 6.90. The van der Waals surface area contributed by atoms with Crippen molar-refractivity contribution in [3.8, 4) is 0 Å². The van der Waals surface area contributed by atoms with Gasteiger partial charge in [0.25, 0.3) is 0 Å². The van der Waals surface area contributed by atoms with Crippen LogP contribution < -0.4 is 0 Å². The molecule has 2 aromatic carbocycles. The normalized spacial score (nSPS) is 13.0. The largest absolute Gasteiger partial charge is 0.378 e. The Morgan fingerprint density at radius 3 is 1.83 bits per heavy atom. The Labute approximate surface area is 152 Å². The Kier molecular flexibility index (Phi) is 4.71. The molecular weight excluding hydrogens is 420 g/mol. The van der Waals surface area contributed by atoms with Crippen molar-refractivity contribution in [2.45, 2.75) is 18.6 Å². The van der Waals surface area contributed by atoms with Crippen LogP contribution in [-0.2, 0) is 5.60 Å². The molecule has 3 aromatic rings. The zero-order valence-corrected chi connectivity index (χ0v) is 15.7. The van der Waals surface area contributed by atoms with Crippen LogP contribution in [0.4, 0.5) is 0 Å². The average Bonchev–Trinajstić information content (AvgIpc) is 3.09. The highest BCUT2D eigenvalue weighted by Gasteiger charge is 2.39. The van der Waals surface area contributed by atoms with Gasteiger partial charge in [-0.05, 0) is 48.4 Å². The third-order valence-electron chi connectivity index (χ3n) is 4.09. The van der Waals surface area contributed by atoms with E-state index >= 15 is 0 Å². The van der Waals surface area contributed by atoms with E-state index < -0.39 is 5.60 Å². The van der Waals surface area contributed by atoms with Crippen LogP contribution in [0.2, 0.25) is 0 Å². The van der Waals surface area contributed by atoms with Crippen LogP contribution in [0, 0.1) is 0 Å². The molecule has 0 bridgehead atoms. The second kappa shape index (κ2) is 6.59. The van der Waals surface area contributed by atoms with E-state index in [1.807, 2.05) is 67.7 Å². The topological polar surface area (TPSA) is 38.0 Å². The van der Waals surface area contributed by atoms with Gasteiger partial charge in [0.1, 0.15) is 5.60 Å². The lowest BCUT2D eigenvalue weighted by Gasteiger charge is -2.35. The summed E-state index contributed by atoms with van der Waals surface area (Å²) in [5.74, 6) is 0. The number of hydrogen-bond acceptors (Lipinski definition) is 2. The summed E-state index contributed by atoms with van der Waals surface area (Å²) in [4.78, 5) is 0. The molecule has 118 valence electrons. The second-order valence-corrected chi connectivity index (χ2v) is 7.27. The van der Waals surface area contributed by atoms with Gasteiger partial charge >= 0.3 is 0 Å². The monoisotopic (exact) mass is 434 g/mol. The van der Waals surface area contributed by atoms with E-state index in [4.69, 9.17) is 0 Å². The molecule has 1 heterocycles. The molecule has 1 N–H and O–H groups in total. The first-order valence-electron chi connectivity index (χ1n) is 7.25. The Balaban J connectivity index is 2.16. The summed E-state index contributed by atoms with van der Waals surface area (Å²) in [5, 5.41) is 16.0. The van der Waals surface area contributed by atoms with Crippen molar-refractivity contribution in [3.05, 3.63) is 87.1 Å². The molecule has 0 spiro atoms. The van der Waals surface area contributed by atoms with Crippen molar-refractivity contribution < 1.29 is 5.11 Å². The van der Waals surface area contributed by atoms with Gasteiger partial charge in [0, 0.05) is 21.3 Å². The van der Waals surface area contributed by atoms with Gasteiger partial charge in [0.15, 0.2) is 0 Å². The molecule has 3 rings (SSSR count). The van der Waals surface area contributed by atoms with Gasteiger partial charge in [0.2, 0.25) is 0 Å². The highest BCUT2D eigenvalue weighted by Crippen LogP contribution is 2.40. The van der Waals surface area contributed by atoms with Gasteiger partial charge < -0.3 is 5.11 Å². The molecular formula is C18H16Br2N2O. The van der Waals surface area contributed by atoms with Gasteiger partial charge in [-0.2, -0.15) is 5.10 Å². The first-order chi connectivity index (χ1) is 11.0. The number of halogens is 2. The maximum absolute atomic E-state index is 11.7. The highest BCUT2D eigenvalue weighted by atomic mass is 79.9. The Morgan fingerprint density at radius 2 is 1.43 bits per heavy atom. The lowest BCUT2D eigenvalue weighted by atomic mass is 9.81. The number of nitrogens with zero attached hydrogens (tertiary/aromatic N) is 2. The molecule has 1 aromatic heterocycles. The average molecular weight is 436 g/mol. The maximum atomic E-state index is 11.7. The Morgan fingerprint density at radius 1 is 0.957 bits per heavy atom. The highest BCUT2D eigenvalue weighted by molar-refractivity contribution is 9.10. The molecule has 0 fully saturated rings. The van der Waals surface area contributed by atoms with Crippen molar-refractivity contribution in [2.24, 2.45) is 0 Å². The van der Waals surface area contributed by atoms with Crippen molar-refractivity contribution in [3.63, 3.8) is 0 Å². The Bertz CT molecular complexity index is 722. The summed E-state index contributed by atoms with van der Waals surface area (Å²) in [7, 11) is 0. The fourth-order valence-corrected chi connectivity index (χ4v) is 3.29. The molecule has 1 unspecified atom stereocenters.